The summed E-state index contributed by atoms with van der Waals surface area (Å²) in [4.78, 5) is 0. The molecule has 0 spiro atoms. The van der Waals surface area contributed by atoms with E-state index >= 15 is 0 Å². The Kier molecular flexibility index (Phi) is 5.66. The number of sulfonamides is 1. The van der Waals surface area contributed by atoms with Gasteiger partial charge in [0, 0.05) is 19.1 Å². The molecular weight excluding hydrogens is 260 g/mol. The van der Waals surface area contributed by atoms with Gasteiger partial charge in [0.2, 0.25) is 10.0 Å². The predicted octanol–water partition coefficient (Wildman–Crippen LogP) is 2.11. The molecule has 19 heavy (non-hydrogen) atoms. The fraction of sp³-hybridized carbons (Fsp3) is 1.00. The van der Waals surface area contributed by atoms with Gasteiger partial charge in [-0.2, -0.15) is 0 Å². The molecule has 2 rings (SSSR count). The van der Waals surface area contributed by atoms with Gasteiger partial charge >= 0.3 is 0 Å². The Morgan fingerprint density at radius 3 is 2.37 bits per heavy atom. The highest BCUT2D eigenvalue weighted by Crippen LogP contribution is 2.27. The molecule has 0 aromatic heterocycles. The number of nitrogens with zero attached hydrogens (tertiary/aromatic N) is 1. The van der Waals surface area contributed by atoms with Crippen molar-refractivity contribution >= 4 is 10.0 Å². The molecule has 2 fully saturated rings. The summed E-state index contributed by atoms with van der Waals surface area (Å²) in [5.41, 5.74) is 0. The van der Waals surface area contributed by atoms with Crippen molar-refractivity contribution in [2.24, 2.45) is 0 Å². The standard InChI is InChI=1S/C14H28N2O2S/c1-2-11-16(12-13-7-5-6-10-15-13)19(17,18)14-8-3-4-9-14/h13-15H,2-12H2,1H3. The molecule has 112 valence electrons. The molecule has 4 nitrogen and oxygen atoms in total. The van der Waals surface area contributed by atoms with Crippen molar-refractivity contribution in [2.75, 3.05) is 19.6 Å². The Morgan fingerprint density at radius 2 is 1.79 bits per heavy atom. The smallest absolute Gasteiger partial charge is 0.217 e. The third-order valence-corrected chi connectivity index (χ3v) is 6.76. The highest BCUT2D eigenvalue weighted by molar-refractivity contribution is 7.89. The van der Waals surface area contributed by atoms with Crippen LogP contribution >= 0.6 is 0 Å². The van der Waals surface area contributed by atoms with Crippen LogP contribution in [0.3, 0.4) is 0 Å². The molecule has 2 aliphatic rings. The Hall–Kier alpha value is -0.130. The van der Waals surface area contributed by atoms with Crippen molar-refractivity contribution in [3.8, 4) is 0 Å². The molecule has 0 radical (unpaired) electrons. The number of rotatable bonds is 6. The van der Waals surface area contributed by atoms with Crippen LogP contribution in [0.2, 0.25) is 0 Å². The van der Waals surface area contributed by atoms with Gasteiger partial charge in [-0.25, -0.2) is 12.7 Å². The summed E-state index contributed by atoms with van der Waals surface area (Å²) in [5, 5.41) is 3.36. The molecule has 1 saturated carbocycles. The second-order valence-corrected chi connectivity index (χ2v) is 8.17. The molecular formula is C14H28N2O2S. The molecule has 0 aromatic rings. The SMILES string of the molecule is CCCN(CC1CCCCN1)S(=O)(=O)C1CCCC1. The minimum atomic E-state index is -3.07. The predicted molar refractivity (Wildman–Crippen MR) is 78.7 cm³/mol. The fourth-order valence-corrected chi connectivity index (χ4v) is 5.47. The molecule has 1 heterocycles. The molecule has 1 N–H and O–H groups in total. The van der Waals surface area contributed by atoms with Crippen LogP contribution in [0.1, 0.15) is 58.3 Å². The van der Waals surface area contributed by atoms with Crippen molar-refractivity contribution in [3.63, 3.8) is 0 Å². The fourth-order valence-electron chi connectivity index (χ4n) is 3.29. The van der Waals surface area contributed by atoms with Gasteiger partial charge in [-0.1, -0.05) is 26.2 Å². The van der Waals surface area contributed by atoms with E-state index in [0.717, 1.165) is 45.1 Å². The van der Waals surface area contributed by atoms with Crippen LogP contribution in [0.4, 0.5) is 0 Å². The average molecular weight is 288 g/mol. The summed E-state index contributed by atoms with van der Waals surface area (Å²) < 4.78 is 27.2. The second-order valence-electron chi connectivity index (χ2n) is 5.96. The van der Waals surface area contributed by atoms with Crippen LogP contribution in [-0.4, -0.2) is 43.6 Å². The normalized spacial score (nSPS) is 26.1. The number of hydrogen-bond donors (Lipinski definition) is 1. The van der Waals surface area contributed by atoms with Crippen molar-refractivity contribution in [3.05, 3.63) is 0 Å². The monoisotopic (exact) mass is 288 g/mol. The Balaban J connectivity index is 2.00. The zero-order valence-electron chi connectivity index (χ0n) is 12.1. The summed E-state index contributed by atoms with van der Waals surface area (Å²) in [7, 11) is -3.07. The van der Waals surface area contributed by atoms with Crippen molar-refractivity contribution in [2.45, 2.75) is 69.6 Å². The minimum Gasteiger partial charge on any atom is -0.313 e. The Morgan fingerprint density at radius 1 is 1.11 bits per heavy atom. The molecule has 0 aromatic carbocycles. The van der Waals surface area contributed by atoms with E-state index in [1.54, 1.807) is 4.31 Å². The van der Waals surface area contributed by atoms with Gasteiger partial charge in [0.1, 0.15) is 0 Å². The Bertz CT molecular complexity index is 358. The maximum absolute atomic E-state index is 12.7. The summed E-state index contributed by atoms with van der Waals surface area (Å²) in [6.07, 6.45) is 8.33. The topological polar surface area (TPSA) is 49.4 Å². The van der Waals surface area contributed by atoms with Crippen LogP contribution < -0.4 is 5.32 Å². The van der Waals surface area contributed by atoms with Crippen LogP contribution in [0.15, 0.2) is 0 Å². The van der Waals surface area contributed by atoms with Gasteiger partial charge in [0.05, 0.1) is 5.25 Å². The minimum absolute atomic E-state index is 0.109. The molecule has 1 atom stereocenters. The zero-order valence-corrected chi connectivity index (χ0v) is 12.9. The molecule has 1 saturated heterocycles. The second kappa shape index (κ2) is 7.04. The zero-order chi connectivity index (χ0) is 13.7. The maximum Gasteiger partial charge on any atom is 0.217 e. The first kappa shape index (κ1) is 15.3. The van der Waals surface area contributed by atoms with Gasteiger partial charge in [-0.05, 0) is 38.6 Å². The van der Waals surface area contributed by atoms with Gasteiger partial charge in [0.25, 0.3) is 0 Å². The summed E-state index contributed by atoms with van der Waals surface area (Å²) >= 11 is 0. The van der Waals surface area contributed by atoms with E-state index in [-0.39, 0.29) is 5.25 Å². The van der Waals surface area contributed by atoms with Gasteiger partial charge < -0.3 is 5.32 Å². The van der Waals surface area contributed by atoms with Gasteiger partial charge in [-0.3, -0.25) is 0 Å². The number of nitrogens with one attached hydrogen (secondary N) is 1. The first-order valence-electron chi connectivity index (χ1n) is 7.87. The largest absolute Gasteiger partial charge is 0.313 e. The first-order chi connectivity index (χ1) is 9.14. The van der Waals surface area contributed by atoms with E-state index < -0.39 is 10.0 Å². The van der Waals surface area contributed by atoms with E-state index in [2.05, 4.69) is 12.2 Å². The van der Waals surface area contributed by atoms with Crippen LogP contribution in [0.25, 0.3) is 0 Å². The van der Waals surface area contributed by atoms with E-state index in [9.17, 15) is 8.42 Å². The number of piperidine rings is 1. The van der Waals surface area contributed by atoms with Crippen LogP contribution in [0.5, 0.6) is 0 Å². The first-order valence-corrected chi connectivity index (χ1v) is 9.37. The lowest BCUT2D eigenvalue weighted by Gasteiger charge is -2.31. The van der Waals surface area contributed by atoms with Crippen molar-refractivity contribution < 1.29 is 8.42 Å². The van der Waals surface area contributed by atoms with E-state index in [1.165, 1.54) is 12.8 Å². The van der Waals surface area contributed by atoms with Gasteiger partial charge in [-0.15, -0.1) is 0 Å². The van der Waals surface area contributed by atoms with Crippen molar-refractivity contribution in [1.82, 2.24) is 9.62 Å². The third kappa shape index (κ3) is 3.92. The van der Waals surface area contributed by atoms with Crippen LogP contribution in [-0.2, 0) is 10.0 Å². The molecule has 1 aliphatic heterocycles. The molecule has 5 heteroatoms. The van der Waals surface area contributed by atoms with Crippen LogP contribution in [0, 0.1) is 0 Å². The summed E-state index contributed by atoms with van der Waals surface area (Å²) in [6.45, 7) is 4.45. The molecule has 1 aliphatic carbocycles. The summed E-state index contributed by atoms with van der Waals surface area (Å²) in [6, 6.07) is 0.358. The molecule has 1 unspecified atom stereocenters. The van der Waals surface area contributed by atoms with Gasteiger partial charge in [0.15, 0.2) is 0 Å². The van der Waals surface area contributed by atoms with Crippen molar-refractivity contribution in [1.29, 1.82) is 0 Å². The lowest BCUT2D eigenvalue weighted by Crippen LogP contribution is -2.48. The third-order valence-electron chi connectivity index (χ3n) is 4.39. The number of hydrogen-bond acceptors (Lipinski definition) is 3. The maximum atomic E-state index is 12.7. The molecule has 0 amide bonds. The average Bonchev–Trinajstić information content (AvgIpc) is 2.94. The van der Waals surface area contributed by atoms with E-state index in [4.69, 9.17) is 0 Å². The quantitative estimate of drug-likeness (QED) is 0.814. The lowest BCUT2D eigenvalue weighted by molar-refractivity contribution is 0.310. The van der Waals surface area contributed by atoms with E-state index in [0.29, 0.717) is 19.1 Å². The highest BCUT2D eigenvalue weighted by atomic mass is 32.2. The Labute approximate surface area is 118 Å². The molecule has 0 bridgehead atoms. The van der Waals surface area contributed by atoms with E-state index in [1.807, 2.05) is 0 Å². The highest BCUT2D eigenvalue weighted by Gasteiger charge is 2.34. The lowest BCUT2D eigenvalue weighted by atomic mass is 10.1. The summed E-state index contributed by atoms with van der Waals surface area (Å²) in [5.74, 6) is 0.